The van der Waals surface area contributed by atoms with E-state index in [9.17, 15) is 0 Å². The van der Waals surface area contributed by atoms with Gasteiger partial charge in [0, 0.05) is 29.9 Å². The Kier molecular flexibility index (Phi) is 5.16. The highest BCUT2D eigenvalue weighted by atomic mass is 32.1. The van der Waals surface area contributed by atoms with Gasteiger partial charge in [0.25, 0.3) is 0 Å². The molecule has 2 aromatic carbocycles. The molecule has 1 aliphatic rings. The van der Waals surface area contributed by atoms with Gasteiger partial charge in [-0.05, 0) is 61.8 Å². The molecular weight excluding hydrogens is 354 g/mol. The number of hydrogen-bond donors (Lipinski definition) is 2. The molecule has 0 aliphatic carbocycles. The fourth-order valence-corrected chi connectivity index (χ4v) is 3.69. The van der Waals surface area contributed by atoms with Crippen LogP contribution in [0.15, 0.2) is 48.5 Å². The summed E-state index contributed by atoms with van der Waals surface area (Å²) in [5.41, 5.74) is 4.16. The predicted octanol–water partition coefficient (Wildman–Crippen LogP) is 4.79. The van der Waals surface area contributed by atoms with Gasteiger partial charge in [-0.1, -0.05) is 30.7 Å². The standard InChI is InChI=1S/C21H23N5S/c1-15-7-5-9-17(13-15)22-21(27)23-18-10-6-8-16(14-18)20-25-24-19-11-3-2-4-12-26(19)20/h5-10,13-14H,2-4,11-12H2,1H3,(H2,22,23,27). The highest BCUT2D eigenvalue weighted by molar-refractivity contribution is 7.80. The van der Waals surface area contributed by atoms with Gasteiger partial charge >= 0.3 is 0 Å². The monoisotopic (exact) mass is 377 g/mol. The molecule has 0 radical (unpaired) electrons. The normalized spacial score (nSPS) is 13.5. The molecule has 138 valence electrons. The topological polar surface area (TPSA) is 54.8 Å². The molecule has 0 saturated heterocycles. The number of thiocarbonyl (C=S) groups is 1. The first-order valence-corrected chi connectivity index (χ1v) is 9.77. The van der Waals surface area contributed by atoms with Crippen LogP contribution in [0.2, 0.25) is 0 Å². The van der Waals surface area contributed by atoms with E-state index in [1.807, 2.05) is 24.3 Å². The minimum absolute atomic E-state index is 0.567. The Morgan fingerprint density at radius 3 is 2.56 bits per heavy atom. The van der Waals surface area contributed by atoms with E-state index in [2.05, 4.69) is 56.6 Å². The van der Waals surface area contributed by atoms with E-state index in [4.69, 9.17) is 12.2 Å². The van der Waals surface area contributed by atoms with Crippen molar-refractivity contribution in [2.45, 2.75) is 39.2 Å². The second-order valence-electron chi connectivity index (χ2n) is 6.93. The molecule has 6 heteroatoms. The quantitative estimate of drug-likeness (QED) is 0.643. The zero-order chi connectivity index (χ0) is 18.6. The Morgan fingerprint density at radius 1 is 0.963 bits per heavy atom. The number of rotatable bonds is 3. The van der Waals surface area contributed by atoms with Gasteiger partial charge in [0.1, 0.15) is 5.82 Å². The van der Waals surface area contributed by atoms with E-state index in [-0.39, 0.29) is 0 Å². The minimum Gasteiger partial charge on any atom is -0.332 e. The number of fused-ring (bicyclic) bond motifs is 1. The maximum atomic E-state index is 5.46. The van der Waals surface area contributed by atoms with Crippen molar-refractivity contribution >= 4 is 28.7 Å². The lowest BCUT2D eigenvalue weighted by atomic mass is 10.2. The van der Waals surface area contributed by atoms with Gasteiger partial charge in [-0.15, -0.1) is 10.2 Å². The first-order chi connectivity index (χ1) is 13.2. The Bertz CT molecular complexity index is 963. The third-order valence-electron chi connectivity index (χ3n) is 4.76. The molecule has 1 aromatic heterocycles. The van der Waals surface area contributed by atoms with E-state index >= 15 is 0 Å². The van der Waals surface area contributed by atoms with Crippen LogP contribution in [0.5, 0.6) is 0 Å². The summed E-state index contributed by atoms with van der Waals surface area (Å²) in [6.45, 7) is 3.05. The maximum absolute atomic E-state index is 5.46. The van der Waals surface area contributed by atoms with Crippen molar-refractivity contribution in [2.24, 2.45) is 0 Å². The maximum Gasteiger partial charge on any atom is 0.175 e. The third kappa shape index (κ3) is 4.17. The minimum atomic E-state index is 0.567. The Morgan fingerprint density at radius 2 is 1.74 bits per heavy atom. The molecule has 1 aliphatic heterocycles. The Labute approximate surface area is 164 Å². The number of hydrogen-bond acceptors (Lipinski definition) is 3. The van der Waals surface area contributed by atoms with E-state index < -0.39 is 0 Å². The van der Waals surface area contributed by atoms with Crippen molar-refractivity contribution in [2.75, 3.05) is 10.6 Å². The number of nitrogens with one attached hydrogen (secondary N) is 2. The van der Waals surface area contributed by atoms with Crippen LogP contribution in [0.3, 0.4) is 0 Å². The molecule has 0 saturated carbocycles. The molecule has 0 unspecified atom stereocenters. The smallest absolute Gasteiger partial charge is 0.175 e. The lowest BCUT2D eigenvalue weighted by Crippen LogP contribution is -2.19. The lowest BCUT2D eigenvalue weighted by molar-refractivity contribution is 0.636. The highest BCUT2D eigenvalue weighted by Crippen LogP contribution is 2.25. The van der Waals surface area contributed by atoms with Gasteiger partial charge in [-0.2, -0.15) is 0 Å². The van der Waals surface area contributed by atoms with Crippen molar-refractivity contribution in [3.63, 3.8) is 0 Å². The van der Waals surface area contributed by atoms with Crippen LogP contribution < -0.4 is 10.6 Å². The van der Waals surface area contributed by atoms with Crippen LogP contribution in [-0.2, 0) is 13.0 Å². The second kappa shape index (κ2) is 7.88. The van der Waals surface area contributed by atoms with Gasteiger partial charge in [0.2, 0.25) is 0 Å². The Balaban J connectivity index is 1.51. The van der Waals surface area contributed by atoms with Gasteiger partial charge < -0.3 is 15.2 Å². The average Bonchev–Trinajstić information content (AvgIpc) is 2.90. The zero-order valence-electron chi connectivity index (χ0n) is 15.4. The molecule has 0 atom stereocenters. The van der Waals surface area contributed by atoms with Crippen LogP contribution in [0, 0.1) is 6.92 Å². The number of aromatic nitrogens is 3. The fourth-order valence-electron chi connectivity index (χ4n) is 3.45. The third-order valence-corrected chi connectivity index (χ3v) is 4.97. The van der Waals surface area contributed by atoms with E-state index in [1.165, 1.54) is 24.8 Å². The average molecular weight is 378 g/mol. The SMILES string of the molecule is Cc1cccc(NC(=S)Nc2cccc(-c3nnc4n3CCCCC4)c2)c1. The molecule has 5 nitrogen and oxygen atoms in total. The largest absolute Gasteiger partial charge is 0.332 e. The number of nitrogens with zero attached hydrogens (tertiary/aromatic N) is 3. The molecule has 0 fully saturated rings. The summed E-state index contributed by atoms with van der Waals surface area (Å²) in [4.78, 5) is 0. The van der Waals surface area contributed by atoms with Crippen molar-refractivity contribution in [3.05, 3.63) is 59.9 Å². The van der Waals surface area contributed by atoms with Gasteiger partial charge in [-0.25, -0.2) is 0 Å². The van der Waals surface area contributed by atoms with Crippen molar-refractivity contribution < 1.29 is 0 Å². The molecule has 27 heavy (non-hydrogen) atoms. The van der Waals surface area contributed by atoms with Crippen LogP contribution in [0.4, 0.5) is 11.4 Å². The van der Waals surface area contributed by atoms with Gasteiger partial charge in [0.05, 0.1) is 0 Å². The first-order valence-electron chi connectivity index (χ1n) is 9.36. The number of aryl methyl sites for hydroxylation is 2. The summed E-state index contributed by atoms with van der Waals surface area (Å²) < 4.78 is 2.26. The second-order valence-corrected chi connectivity index (χ2v) is 7.34. The molecule has 0 bridgehead atoms. The summed E-state index contributed by atoms with van der Waals surface area (Å²) in [7, 11) is 0. The van der Waals surface area contributed by atoms with Gasteiger partial charge in [0.15, 0.2) is 10.9 Å². The summed E-state index contributed by atoms with van der Waals surface area (Å²) in [5, 5.41) is 15.9. The molecule has 0 spiro atoms. The highest BCUT2D eigenvalue weighted by Gasteiger charge is 2.16. The van der Waals surface area contributed by atoms with Crippen molar-refractivity contribution in [1.82, 2.24) is 14.8 Å². The van der Waals surface area contributed by atoms with Crippen molar-refractivity contribution in [3.8, 4) is 11.4 Å². The fraction of sp³-hybridized carbons (Fsp3) is 0.286. The van der Waals surface area contributed by atoms with E-state index in [0.29, 0.717) is 5.11 Å². The summed E-state index contributed by atoms with van der Waals surface area (Å²) >= 11 is 5.46. The van der Waals surface area contributed by atoms with Crippen molar-refractivity contribution in [1.29, 1.82) is 0 Å². The zero-order valence-corrected chi connectivity index (χ0v) is 16.2. The summed E-state index contributed by atoms with van der Waals surface area (Å²) in [6.07, 6.45) is 4.64. The first kappa shape index (κ1) is 17.7. The van der Waals surface area contributed by atoms with E-state index in [1.54, 1.807) is 0 Å². The van der Waals surface area contributed by atoms with Crippen LogP contribution in [0.25, 0.3) is 11.4 Å². The Hall–Kier alpha value is -2.73. The molecule has 4 rings (SSSR count). The lowest BCUT2D eigenvalue weighted by Gasteiger charge is -2.12. The van der Waals surface area contributed by atoms with Crippen LogP contribution in [0.1, 0.15) is 30.7 Å². The molecular formula is C21H23N5S. The van der Waals surface area contributed by atoms with E-state index in [0.717, 1.165) is 41.6 Å². The van der Waals surface area contributed by atoms with Crippen LogP contribution in [-0.4, -0.2) is 19.9 Å². The number of anilines is 2. The number of benzene rings is 2. The molecule has 0 amide bonds. The predicted molar refractivity (Wildman–Crippen MR) is 114 cm³/mol. The molecule has 2 heterocycles. The van der Waals surface area contributed by atoms with Gasteiger partial charge in [-0.3, -0.25) is 0 Å². The van der Waals surface area contributed by atoms with Crippen LogP contribution >= 0.6 is 12.2 Å². The summed E-state index contributed by atoms with van der Waals surface area (Å²) in [5.74, 6) is 2.03. The molecule has 3 aromatic rings. The summed E-state index contributed by atoms with van der Waals surface area (Å²) in [6, 6.07) is 16.3. The molecule has 2 N–H and O–H groups in total.